The molecule has 1 saturated heterocycles. The highest BCUT2D eigenvalue weighted by Gasteiger charge is 2.48. The van der Waals surface area contributed by atoms with Crippen molar-refractivity contribution >= 4 is 11.9 Å². The second kappa shape index (κ2) is 6.25. The Morgan fingerprint density at radius 3 is 2.64 bits per heavy atom. The molecule has 6 nitrogen and oxygen atoms in total. The lowest BCUT2D eigenvalue weighted by atomic mass is 9.72. The summed E-state index contributed by atoms with van der Waals surface area (Å²) in [6.07, 6.45) is 5.04. The van der Waals surface area contributed by atoms with Gasteiger partial charge in [-0.05, 0) is 19.8 Å². The number of hydrogen-bond acceptors (Lipinski definition) is 4. The van der Waals surface area contributed by atoms with E-state index in [9.17, 15) is 10.1 Å². The zero-order valence-electron chi connectivity index (χ0n) is 13.4. The maximum absolute atomic E-state index is 12.4. The molecule has 120 valence electrons. The highest BCUT2D eigenvalue weighted by atomic mass is 16.2. The lowest BCUT2D eigenvalue weighted by Crippen LogP contribution is -3.14. The largest absolute Gasteiger partial charge is 0.332 e. The minimum atomic E-state index is -0.626. The van der Waals surface area contributed by atoms with E-state index >= 15 is 0 Å². The van der Waals surface area contributed by atoms with E-state index in [0.717, 1.165) is 58.4 Å². The molecule has 1 aliphatic carbocycles. The molecule has 3 aliphatic rings. The molecule has 1 spiro atoms. The number of carbonyl (C=O) groups is 1. The first kappa shape index (κ1) is 15.3. The van der Waals surface area contributed by atoms with Crippen LogP contribution in [0.4, 0.5) is 0 Å². The number of quaternary nitrogens is 1. The lowest BCUT2D eigenvalue weighted by molar-refractivity contribution is -0.902. The van der Waals surface area contributed by atoms with Gasteiger partial charge in [-0.3, -0.25) is 10.1 Å². The fourth-order valence-electron chi connectivity index (χ4n) is 4.01. The van der Waals surface area contributed by atoms with Crippen LogP contribution in [0.2, 0.25) is 0 Å². The van der Waals surface area contributed by atoms with Crippen molar-refractivity contribution < 1.29 is 9.69 Å². The van der Waals surface area contributed by atoms with E-state index in [1.807, 2.05) is 0 Å². The first-order chi connectivity index (χ1) is 10.7. The Kier molecular flexibility index (Phi) is 4.34. The van der Waals surface area contributed by atoms with Crippen LogP contribution >= 0.6 is 0 Å². The van der Waals surface area contributed by atoms with E-state index in [1.54, 1.807) is 4.90 Å². The van der Waals surface area contributed by atoms with Gasteiger partial charge in [0.1, 0.15) is 0 Å². The molecule has 0 radical (unpaired) electrons. The van der Waals surface area contributed by atoms with Gasteiger partial charge >= 0.3 is 0 Å². The summed E-state index contributed by atoms with van der Waals surface area (Å²) in [7, 11) is 0. The van der Waals surface area contributed by atoms with Gasteiger partial charge in [-0.15, -0.1) is 0 Å². The third-order valence-electron chi connectivity index (χ3n) is 5.48. The zero-order valence-corrected chi connectivity index (χ0v) is 13.4. The molecule has 2 heterocycles. The molecule has 1 saturated carbocycles. The SMILES string of the molecule is CC[NH+]1CCN(C2=NC3(CCCCC3)[C@@H](C#N)C(=O)N2)CC1. The Balaban J connectivity index is 1.82. The summed E-state index contributed by atoms with van der Waals surface area (Å²) in [5.74, 6) is -0.0627. The molecular weight excluding hydrogens is 278 g/mol. The van der Waals surface area contributed by atoms with Crippen molar-refractivity contribution in [3.05, 3.63) is 0 Å². The first-order valence-corrected chi connectivity index (χ1v) is 8.57. The summed E-state index contributed by atoms with van der Waals surface area (Å²) < 4.78 is 0. The van der Waals surface area contributed by atoms with Crippen LogP contribution in [0.15, 0.2) is 4.99 Å². The van der Waals surface area contributed by atoms with Crippen molar-refractivity contribution in [2.75, 3.05) is 32.7 Å². The Labute approximate surface area is 132 Å². The number of nitriles is 1. The predicted octanol–water partition coefficient (Wildman–Crippen LogP) is -0.465. The second-order valence-corrected chi connectivity index (χ2v) is 6.74. The number of likely N-dealkylation sites (N-methyl/N-ethyl adjacent to an activating group) is 1. The number of guanidine groups is 1. The van der Waals surface area contributed by atoms with E-state index in [0.29, 0.717) is 5.96 Å². The number of nitrogens with zero attached hydrogens (tertiary/aromatic N) is 3. The van der Waals surface area contributed by atoms with Gasteiger partial charge in [0.2, 0.25) is 11.9 Å². The van der Waals surface area contributed by atoms with Crippen LogP contribution in [-0.4, -0.2) is 55.0 Å². The fourth-order valence-corrected chi connectivity index (χ4v) is 4.01. The van der Waals surface area contributed by atoms with E-state index in [4.69, 9.17) is 4.99 Å². The van der Waals surface area contributed by atoms with Crippen LogP contribution in [0.1, 0.15) is 39.0 Å². The van der Waals surface area contributed by atoms with Crippen molar-refractivity contribution in [1.29, 1.82) is 5.26 Å². The van der Waals surface area contributed by atoms with Gasteiger partial charge in [0.15, 0.2) is 5.92 Å². The van der Waals surface area contributed by atoms with Crippen LogP contribution in [-0.2, 0) is 4.79 Å². The first-order valence-electron chi connectivity index (χ1n) is 8.57. The standard InChI is InChI=1S/C16H25N5O/c1-2-20-8-10-21(11-9-20)15-18-14(22)13(12-17)16(19-15)6-4-3-5-7-16/h13H,2-11H2,1H3,(H,18,19,22)/p+1/t13-/m0/s1. The monoisotopic (exact) mass is 304 g/mol. The number of carbonyl (C=O) groups excluding carboxylic acids is 1. The van der Waals surface area contributed by atoms with E-state index in [1.165, 1.54) is 6.42 Å². The smallest absolute Gasteiger partial charge is 0.246 e. The highest BCUT2D eigenvalue weighted by Crippen LogP contribution is 2.39. The highest BCUT2D eigenvalue weighted by molar-refractivity contribution is 6.02. The van der Waals surface area contributed by atoms with E-state index in [2.05, 4.69) is 23.2 Å². The van der Waals surface area contributed by atoms with Crippen molar-refractivity contribution in [2.24, 2.45) is 10.9 Å². The molecule has 2 aliphatic heterocycles. The molecule has 6 heteroatoms. The van der Waals surface area contributed by atoms with Gasteiger partial charge in [0.25, 0.3) is 0 Å². The predicted molar refractivity (Wildman–Crippen MR) is 83.3 cm³/mol. The van der Waals surface area contributed by atoms with Crippen LogP contribution < -0.4 is 10.2 Å². The number of nitrogens with one attached hydrogen (secondary N) is 2. The van der Waals surface area contributed by atoms with E-state index < -0.39 is 11.5 Å². The lowest BCUT2D eigenvalue weighted by Gasteiger charge is -2.43. The molecule has 0 aromatic heterocycles. The Morgan fingerprint density at radius 1 is 1.36 bits per heavy atom. The summed E-state index contributed by atoms with van der Waals surface area (Å²) in [6.45, 7) is 7.37. The van der Waals surface area contributed by atoms with Crippen molar-refractivity contribution in [2.45, 2.75) is 44.6 Å². The number of hydrogen-bond donors (Lipinski definition) is 2. The molecule has 2 N–H and O–H groups in total. The van der Waals surface area contributed by atoms with Crippen LogP contribution in [0.5, 0.6) is 0 Å². The second-order valence-electron chi connectivity index (χ2n) is 6.74. The van der Waals surface area contributed by atoms with E-state index in [-0.39, 0.29) is 5.91 Å². The summed E-state index contributed by atoms with van der Waals surface area (Å²) in [6, 6.07) is 2.21. The van der Waals surface area contributed by atoms with Gasteiger partial charge in [-0.1, -0.05) is 19.3 Å². The van der Waals surface area contributed by atoms with Crippen molar-refractivity contribution in [1.82, 2.24) is 10.2 Å². The van der Waals surface area contributed by atoms with Crippen molar-refractivity contribution in [3.63, 3.8) is 0 Å². The normalized spacial score (nSPS) is 28.9. The van der Waals surface area contributed by atoms with Gasteiger partial charge in [0.05, 0.1) is 44.3 Å². The van der Waals surface area contributed by atoms with Gasteiger partial charge < -0.3 is 9.80 Å². The molecule has 22 heavy (non-hydrogen) atoms. The minimum Gasteiger partial charge on any atom is -0.332 e. The number of aliphatic imine (C=N–C) groups is 1. The van der Waals surface area contributed by atoms with Crippen LogP contribution in [0, 0.1) is 17.2 Å². The molecule has 0 bridgehead atoms. The average molecular weight is 304 g/mol. The maximum atomic E-state index is 12.4. The number of amides is 1. The average Bonchev–Trinajstić information content (AvgIpc) is 2.55. The Hall–Kier alpha value is -1.61. The molecule has 1 atom stereocenters. The summed E-state index contributed by atoms with van der Waals surface area (Å²) in [5.41, 5.74) is -0.473. The van der Waals surface area contributed by atoms with Gasteiger partial charge in [-0.2, -0.15) is 5.26 Å². The molecule has 0 unspecified atom stereocenters. The van der Waals surface area contributed by atoms with Crippen LogP contribution in [0.25, 0.3) is 0 Å². The molecule has 1 amide bonds. The van der Waals surface area contributed by atoms with Crippen LogP contribution in [0.3, 0.4) is 0 Å². The summed E-state index contributed by atoms with van der Waals surface area (Å²) >= 11 is 0. The third kappa shape index (κ3) is 2.70. The third-order valence-corrected chi connectivity index (χ3v) is 5.48. The maximum Gasteiger partial charge on any atom is 0.246 e. The summed E-state index contributed by atoms with van der Waals surface area (Å²) in [4.78, 5) is 21.1. The Morgan fingerprint density at radius 2 is 2.05 bits per heavy atom. The minimum absolute atomic E-state index is 0.153. The molecular formula is C16H26N5O+. The Bertz CT molecular complexity index is 495. The number of piperazine rings is 1. The molecule has 0 aromatic carbocycles. The fraction of sp³-hybridized carbons (Fsp3) is 0.812. The summed E-state index contributed by atoms with van der Waals surface area (Å²) in [5, 5.41) is 12.3. The number of rotatable bonds is 1. The molecule has 0 aromatic rings. The van der Waals surface area contributed by atoms with Crippen molar-refractivity contribution in [3.8, 4) is 6.07 Å². The quantitative estimate of drug-likeness (QED) is 0.688. The zero-order chi connectivity index (χ0) is 15.6. The topological polar surface area (TPSA) is 72.9 Å². The van der Waals surface area contributed by atoms with Gasteiger partial charge in [-0.25, -0.2) is 4.99 Å². The molecule has 2 fully saturated rings. The van der Waals surface area contributed by atoms with Gasteiger partial charge in [0, 0.05) is 0 Å². The molecule has 3 rings (SSSR count).